The highest BCUT2D eigenvalue weighted by Gasteiger charge is 2.17. The number of halogens is 1. The van der Waals surface area contributed by atoms with E-state index in [2.05, 4.69) is 10.5 Å². The molecule has 0 unspecified atom stereocenters. The van der Waals surface area contributed by atoms with Crippen molar-refractivity contribution in [2.45, 2.75) is 0 Å². The van der Waals surface area contributed by atoms with Crippen LogP contribution in [0, 0.1) is 17.1 Å². The molecule has 2 aromatic rings. The van der Waals surface area contributed by atoms with E-state index < -0.39 is 11.7 Å². The van der Waals surface area contributed by atoms with Crippen molar-refractivity contribution in [3.05, 3.63) is 52.8 Å². The summed E-state index contributed by atoms with van der Waals surface area (Å²) in [6.07, 6.45) is 1.35. The van der Waals surface area contributed by atoms with Crippen molar-refractivity contribution < 1.29 is 23.4 Å². The van der Waals surface area contributed by atoms with E-state index in [9.17, 15) is 9.18 Å². The van der Waals surface area contributed by atoms with Crippen LogP contribution in [0.1, 0.15) is 21.5 Å². The van der Waals surface area contributed by atoms with Crippen LogP contribution in [0.15, 0.2) is 35.4 Å². The average molecular weight is 341 g/mol. The monoisotopic (exact) mass is 341 g/mol. The predicted octanol–water partition coefficient (Wildman–Crippen LogP) is 2.20. The molecule has 126 valence electrons. The number of fused-ring (bicyclic) bond motifs is 1. The van der Waals surface area contributed by atoms with Crippen LogP contribution in [0.5, 0.6) is 17.2 Å². The summed E-state index contributed by atoms with van der Waals surface area (Å²) >= 11 is 0. The second kappa shape index (κ2) is 6.88. The molecule has 0 fully saturated rings. The zero-order valence-corrected chi connectivity index (χ0v) is 13.1. The number of nitrogens with one attached hydrogen (secondary N) is 1. The van der Waals surface area contributed by atoms with Crippen LogP contribution in [-0.2, 0) is 0 Å². The Labute approximate surface area is 142 Å². The molecule has 0 saturated heterocycles. The zero-order valence-electron chi connectivity index (χ0n) is 13.1. The van der Waals surface area contributed by atoms with Crippen molar-refractivity contribution in [2.24, 2.45) is 5.10 Å². The highest BCUT2D eigenvalue weighted by molar-refractivity contribution is 5.95. The summed E-state index contributed by atoms with van der Waals surface area (Å²) < 4.78 is 29.5. The summed E-state index contributed by atoms with van der Waals surface area (Å²) in [5.74, 6) is 0.0292. The van der Waals surface area contributed by atoms with Crippen LogP contribution >= 0.6 is 0 Å². The number of hydrogen-bond donors (Lipinski definition) is 1. The lowest BCUT2D eigenvalue weighted by Gasteiger charge is -2.06. The van der Waals surface area contributed by atoms with Gasteiger partial charge in [-0.3, -0.25) is 4.79 Å². The molecule has 1 aliphatic heterocycles. The number of carbonyl (C=O) groups excluding carboxylic acids is 1. The van der Waals surface area contributed by atoms with E-state index in [-0.39, 0.29) is 17.9 Å². The maximum absolute atomic E-state index is 13.8. The van der Waals surface area contributed by atoms with Gasteiger partial charge in [0.25, 0.3) is 5.91 Å². The van der Waals surface area contributed by atoms with Crippen molar-refractivity contribution in [1.82, 2.24) is 5.43 Å². The Bertz CT molecular complexity index is 905. The van der Waals surface area contributed by atoms with Gasteiger partial charge >= 0.3 is 0 Å². The maximum atomic E-state index is 13.8. The molecule has 0 atom stereocenters. The molecule has 2 aromatic carbocycles. The number of ether oxygens (including phenoxy) is 3. The third-order valence-corrected chi connectivity index (χ3v) is 3.44. The highest BCUT2D eigenvalue weighted by Crippen LogP contribution is 2.37. The first kappa shape index (κ1) is 16.3. The fourth-order valence-electron chi connectivity index (χ4n) is 2.21. The first-order chi connectivity index (χ1) is 12.1. The maximum Gasteiger partial charge on any atom is 0.274 e. The highest BCUT2D eigenvalue weighted by atomic mass is 19.1. The number of hydrazone groups is 1. The molecular formula is C17H12FN3O4. The molecule has 25 heavy (non-hydrogen) atoms. The third-order valence-electron chi connectivity index (χ3n) is 3.44. The van der Waals surface area contributed by atoms with E-state index >= 15 is 0 Å². The Morgan fingerprint density at radius 2 is 2.12 bits per heavy atom. The van der Waals surface area contributed by atoms with Crippen LogP contribution in [0.2, 0.25) is 0 Å². The lowest BCUT2D eigenvalue weighted by atomic mass is 10.1. The molecule has 1 heterocycles. The van der Waals surface area contributed by atoms with Crippen LogP contribution in [-0.4, -0.2) is 26.0 Å². The molecule has 1 amide bonds. The Morgan fingerprint density at radius 1 is 1.36 bits per heavy atom. The number of nitrogens with zero attached hydrogens (tertiary/aromatic N) is 2. The van der Waals surface area contributed by atoms with Crippen molar-refractivity contribution in [1.29, 1.82) is 5.26 Å². The van der Waals surface area contributed by atoms with Gasteiger partial charge in [-0.05, 0) is 24.3 Å². The Balaban J connectivity index is 1.75. The molecule has 7 nitrogen and oxygen atoms in total. The molecule has 1 N–H and O–H groups in total. The second-order valence-electron chi connectivity index (χ2n) is 4.95. The third kappa shape index (κ3) is 3.35. The quantitative estimate of drug-likeness (QED) is 0.680. The zero-order chi connectivity index (χ0) is 17.8. The van der Waals surface area contributed by atoms with E-state index in [0.717, 1.165) is 6.07 Å². The van der Waals surface area contributed by atoms with E-state index in [4.69, 9.17) is 19.5 Å². The number of benzene rings is 2. The van der Waals surface area contributed by atoms with Crippen molar-refractivity contribution >= 4 is 12.1 Å². The van der Waals surface area contributed by atoms with Gasteiger partial charge in [0.2, 0.25) is 6.79 Å². The van der Waals surface area contributed by atoms with Crippen LogP contribution in [0.25, 0.3) is 0 Å². The van der Waals surface area contributed by atoms with Crippen molar-refractivity contribution in [3.63, 3.8) is 0 Å². The van der Waals surface area contributed by atoms with E-state index in [1.807, 2.05) is 0 Å². The van der Waals surface area contributed by atoms with Gasteiger partial charge in [-0.1, -0.05) is 0 Å². The van der Waals surface area contributed by atoms with Gasteiger partial charge in [0, 0.05) is 11.6 Å². The number of methoxy groups -OCH3 is 1. The number of nitriles is 1. The lowest BCUT2D eigenvalue weighted by molar-refractivity contribution is 0.0951. The summed E-state index contributed by atoms with van der Waals surface area (Å²) in [6, 6.07) is 8.65. The Morgan fingerprint density at radius 3 is 2.80 bits per heavy atom. The van der Waals surface area contributed by atoms with Gasteiger partial charge in [-0.25, -0.2) is 9.82 Å². The topological polar surface area (TPSA) is 92.9 Å². The second-order valence-corrected chi connectivity index (χ2v) is 4.95. The predicted molar refractivity (Wildman–Crippen MR) is 85.3 cm³/mol. The fourth-order valence-corrected chi connectivity index (χ4v) is 2.21. The van der Waals surface area contributed by atoms with Crippen LogP contribution in [0.4, 0.5) is 4.39 Å². The van der Waals surface area contributed by atoms with Gasteiger partial charge in [-0.15, -0.1) is 0 Å². The molecule has 0 bridgehead atoms. The smallest absolute Gasteiger partial charge is 0.274 e. The SMILES string of the molecule is COc1cc2c(cc1/C=N\NC(=O)c1ccc(C#N)cc1F)OCO2. The van der Waals surface area contributed by atoms with E-state index in [1.54, 1.807) is 18.2 Å². The standard InChI is InChI=1S/C17H12FN3O4/c1-23-14-6-16-15(24-9-25-16)5-11(14)8-20-21-17(22)12-3-2-10(7-19)4-13(12)18/h2-6,8H,9H2,1H3,(H,21,22)/b20-8-. The summed E-state index contributed by atoms with van der Waals surface area (Å²) in [5.41, 5.74) is 2.69. The van der Waals surface area contributed by atoms with Gasteiger partial charge < -0.3 is 14.2 Å². The Kier molecular flexibility index (Phi) is 4.48. The van der Waals surface area contributed by atoms with E-state index in [0.29, 0.717) is 22.8 Å². The summed E-state index contributed by atoms with van der Waals surface area (Å²) in [5, 5.41) is 12.5. The number of rotatable bonds is 4. The molecule has 0 aromatic heterocycles. The number of carbonyl (C=O) groups is 1. The van der Waals surface area contributed by atoms with Crippen molar-refractivity contribution in [2.75, 3.05) is 13.9 Å². The molecule has 3 rings (SSSR count). The van der Waals surface area contributed by atoms with Crippen LogP contribution in [0.3, 0.4) is 0 Å². The summed E-state index contributed by atoms with van der Waals surface area (Å²) in [6.45, 7) is 0.119. The molecule has 0 radical (unpaired) electrons. The molecule has 1 aliphatic rings. The lowest BCUT2D eigenvalue weighted by Crippen LogP contribution is -2.19. The van der Waals surface area contributed by atoms with Gasteiger partial charge in [-0.2, -0.15) is 10.4 Å². The largest absolute Gasteiger partial charge is 0.496 e. The van der Waals surface area contributed by atoms with Gasteiger partial charge in [0.1, 0.15) is 11.6 Å². The van der Waals surface area contributed by atoms with Crippen molar-refractivity contribution in [3.8, 4) is 23.3 Å². The van der Waals surface area contributed by atoms with Crippen LogP contribution < -0.4 is 19.6 Å². The Hall–Kier alpha value is -3.60. The molecule has 0 spiro atoms. The number of hydrogen-bond acceptors (Lipinski definition) is 6. The number of amides is 1. The molecule has 8 heteroatoms. The minimum atomic E-state index is -0.799. The first-order valence-electron chi connectivity index (χ1n) is 7.13. The van der Waals surface area contributed by atoms with E-state index in [1.165, 1.54) is 25.5 Å². The molecule has 0 saturated carbocycles. The molecular weight excluding hydrogens is 329 g/mol. The minimum Gasteiger partial charge on any atom is -0.496 e. The minimum absolute atomic E-state index is 0.119. The fraction of sp³-hybridized carbons (Fsp3) is 0.118. The molecule has 0 aliphatic carbocycles. The summed E-state index contributed by atoms with van der Waals surface area (Å²) in [7, 11) is 1.49. The normalized spacial score (nSPS) is 12.0. The first-order valence-corrected chi connectivity index (χ1v) is 7.13. The summed E-state index contributed by atoms with van der Waals surface area (Å²) in [4.78, 5) is 12.0. The van der Waals surface area contributed by atoms with Gasteiger partial charge in [0.15, 0.2) is 11.5 Å². The van der Waals surface area contributed by atoms with Gasteiger partial charge in [0.05, 0.1) is 30.5 Å². The average Bonchev–Trinajstić information content (AvgIpc) is 3.07.